The number of aliphatic hydroxyl groups is 1. The first-order chi connectivity index (χ1) is 4.88. The molecule has 1 nitrogen and oxygen atoms in total. The molecule has 0 spiro atoms. The molecule has 0 heterocycles. The van der Waals surface area contributed by atoms with E-state index in [1.165, 1.54) is 0 Å². The van der Waals surface area contributed by atoms with Crippen molar-refractivity contribution in [2.24, 2.45) is 0 Å². The molecule has 58 valence electrons. The molecule has 1 aliphatic rings. The molecular weight excluding hydrogens is 197 g/mol. The van der Waals surface area contributed by atoms with Gasteiger partial charge in [0.15, 0.2) is 0 Å². The number of hydrogen-bond acceptors (Lipinski definition) is 1. The molecule has 2 rings (SSSR count). The summed E-state index contributed by atoms with van der Waals surface area (Å²) < 4.78 is 0. The number of rotatable bonds is 0. The molecule has 0 aromatic heterocycles. The first-order valence-electron chi connectivity index (χ1n) is 3.33. The van der Waals surface area contributed by atoms with Crippen molar-refractivity contribution in [1.29, 1.82) is 0 Å². The van der Waals surface area contributed by atoms with Crippen LogP contribution in [0, 0.1) is 0 Å². The molecule has 0 amide bonds. The zero-order chi connectivity index (χ0) is 6.97. The Morgan fingerprint density at radius 3 is 2.64 bits per heavy atom. The molecule has 1 aromatic rings. The monoisotopic (exact) mass is 210 g/mol. The van der Waals surface area contributed by atoms with E-state index < -0.39 is 0 Å². The number of benzene rings is 1. The third-order valence-electron chi connectivity index (χ3n) is 1.77. The third-order valence-corrected chi connectivity index (χ3v) is 1.77. The second-order valence-corrected chi connectivity index (χ2v) is 2.43. The second-order valence-electron chi connectivity index (χ2n) is 2.43. The summed E-state index contributed by atoms with van der Waals surface area (Å²) in [6.07, 6.45) is 3.36. The van der Waals surface area contributed by atoms with Crippen LogP contribution in [-0.2, 0) is 0 Å². The summed E-state index contributed by atoms with van der Waals surface area (Å²) in [5.74, 6) is 0. The molecule has 0 saturated heterocycles. The molecule has 1 aromatic carbocycles. The van der Waals surface area contributed by atoms with Gasteiger partial charge in [0.1, 0.15) is 0 Å². The van der Waals surface area contributed by atoms with E-state index in [1.54, 1.807) is 6.08 Å². The van der Waals surface area contributed by atoms with Gasteiger partial charge in [0.2, 0.25) is 0 Å². The summed E-state index contributed by atoms with van der Waals surface area (Å²) in [7, 11) is 0. The van der Waals surface area contributed by atoms with Crippen molar-refractivity contribution in [3.8, 4) is 0 Å². The van der Waals surface area contributed by atoms with Crippen LogP contribution in [0.15, 0.2) is 30.3 Å². The van der Waals surface area contributed by atoms with Gasteiger partial charge in [-0.15, -0.1) is 0 Å². The Morgan fingerprint density at radius 2 is 1.91 bits per heavy atom. The molecule has 1 atom stereocenters. The SMILES string of the molecule is OC1C=Cc2ccccc21.[GeH4]. The molecule has 0 radical (unpaired) electrons. The summed E-state index contributed by atoms with van der Waals surface area (Å²) in [5, 5.41) is 9.29. The maximum atomic E-state index is 9.29. The standard InChI is InChI=1S/C9H8O.GeH4/c10-9-6-5-7-3-1-2-4-8(7)9;/h1-6,9-10H;1H4. The van der Waals surface area contributed by atoms with Crippen molar-refractivity contribution >= 4 is 23.7 Å². The zero-order valence-corrected chi connectivity index (χ0v) is 5.49. The first-order valence-corrected chi connectivity index (χ1v) is 3.33. The molecule has 0 saturated carbocycles. The van der Waals surface area contributed by atoms with Crippen molar-refractivity contribution in [2.45, 2.75) is 6.10 Å². The zero-order valence-electron chi connectivity index (χ0n) is 5.49. The average Bonchev–Trinajstić information content (AvgIpc) is 2.34. The van der Waals surface area contributed by atoms with Gasteiger partial charge < -0.3 is 5.11 Å². The van der Waals surface area contributed by atoms with Crippen LogP contribution in [-0.4, -0.2) is 22.7 Å². The Labute approximate surface area is 76.7 Å². The molecule has 0 fully saturated rings. The summed E-state index contributed by atoms with van der Waals surface area (Å²) >= 11 is 0. The van der Waals surface area contributed by atoms with Crippen LogP contribution in [0.3, 0.4) is 0 Å². The van der Waals surface area contributed by atoms with Gasteiger partial charge in [-0.05, 0) is 11.1 Å². The van der Waals surface area contributed by atoms with E-state index in [4.69, 9.17) is 0 Å². The summed E-state index contributed by atoms with van der Waals surface area (Å²) in [5.41, 5.74) is 2.15. The molecule has 2 heteroatoms. The normalized spacial score (nSPS) is 19.2. The van der Waals surface area contributed by atoms with Crippen LogP contribution in [0.1, 0.15) is 17.2 Å². The molecule has 1 unspecified atom stereocenters. The molecule has 0 bridgehead atoms. The van der Waals surface area contributed by atoms with Gasteiger partial charge in [0.25, 0.3) is 0 Å². The molecule has 0 aliphatic heterocycles. The van der Waals surface area contributed by atoms with E-state index in [0.717, 1.165) is 11.1 Å². The molecule has 11 heavy (non-hydrogen) atoms. The Bertz CT molecular complexity index is 281. The van der Waals surface area contributed by atoms with Gasteiger partial charge in [-0.1, -0.05) is 36.4 Å². The van der Waals surface area contributed by atoms with Crippen LogP contribution in [0.2, 0.25) is 0 Å². The third kappa shape index (κ3) is 1.39. The predicted octanol–water partition coefficient (Wildman–Crippen LogP) is 0.295. The Kier molecular flexibility index (Phi) is 2.52. The van der Waals surface area contributed by atoms with Crippen molar-refractivity contribution < 1.29 is 5.11 Å². The van der Waals surface area contributed by atoms with Gasteiger partial charge in [0, 0.05) is 0 Å². The Balaban J connectivity index is 0.000000605. The Hall–Kier alpha value is -0.537. The Morgan fingerprint density at radius 1 is 1.18 bits per heavy atom. The van der Waals surface area contributed by atoms with Gasteiger partial charge in [-0.25, -0.2) is 0 Å². The van der Waals surface area contributed by atoms with Gasteiger partial charge >= 0.3 is 17.6 Å². The van der Waals surface area contributed by atoms with Gasteiger partial charge in [-0.2, -0.15) is 0 Å². The topological polar surface area (TPSA) is 20.2 Å². The average molecular weight is 209 g/mol. The predicted molar refractivity (Wildman–Crippen MR) is 51.8 cm³/mol. The minimum absolute atomic E-state index is 0. The number of hydrogen-bond donors (Lipinski definition) is 1. The van der Waals surface area contributed by atoms with Crippen molar-refractivity contribution in [3.05, 3.63) is 41.5 Å². The van der Waals surface area contributed by atoms with E-state index >= 15 is 0 Å². The molecular formula is C9H12GeO. The molecule has 1 N–H and O–H groups in total. The van der Waals surface area contributed by atoms with E-state index in [9.17, 15) is 5.11 Å². The maximum absolute atomic E-state index is 9.29. The van der Waals surface area contributed by atoms with Crippen molar-refractivity contribution in [1.82, 2.24) is 0 Å². The quantitative estimate of drug-likeness (QED) is 0.609. The van der Waals surface area contributed by atoms with Crippen molar-refractivity contribution in [2.75, 3.05) is 0 Å². The van der Waals surface area contributed by atoms with E-state index in [-0.39, 0.29) is 23.7 Å². The number of fused-ring (bicyclic) bond motifs is 1. The van der Waals surface area contributed by atoms with Crippen molar-refractivity contribution in [3.63, 3.8) is 0 Å². The van der Waals surface area contributed by atoms with Crippen LogP contribution >= 0.6 is 0 Å². The summed E-state index contributed by atoms with van der Waals surface area (Å²) in [6.45, 7) is 0. The summed E-state index contributed by atoms with van der Waals surface area (Å²) in [4.78, 5) is 0. The van der Waals surface area contributed by atoms with E-state index in [2.05, 4.69) is 0 Å². The fourth-order valence-electron chi connectivity index (χ4n) is 1.23. The molecule has 1 aliphatic carbocycles. The fourth-order valence-corrected chi connectivity index (χ4v) is 1.23. The van der Waals surface area contributed by atoms with Gasteiger partial charge in [-0.3, -0.25) is 0 Å². The van der Waals surface area contributed by atoms with Crippen LogP contribution in [0.25, 0.3) is 6.08 Å². The number of aliphatic hydroxyl groups excluding tert-OH is 1. The van der Waals surface area contributed by atoms with E-state index in [1.807, 2.05) is 30.3 Å². The van der Waals surface area contributed by atoms with Crippen LogP contribution in [0.5, 0.6) is 0 Å². The minimum atomic E-state index is -0.379. The van der Waals surface area contributed by atoms with Gasteiger partial charge in [0.05, 0.1) is 6.10 Å². The van der Waals surface area contributed by atoms with Crippen LogP contribution in [0.4, 0.5) is 0 Å². The second kappa shape index (κ2) is 3.24. The summed E-state index contributed by atoms with van der Waals surface area (Å²) in [6, 6.07) is 7.86. The fraction of sp³-hybridized carbons (Fsp3) is 0.111. The van der Waals surface area contributed by atoms with E-state index in [0.29, 0.717) is 0 Å². The first kappa shape index (κ1) is 8.56. The van der Waals surface area contributed by atoms with Crippen LogP contribution < -0.4 is 0 Å².